The van der Waals surface area contributed by atoms with Crippen LogP contribution in [0.4, 0.5) is 4.79 Å². The maximum atomic E-state index is 13.0. The number of benzene rings is 3. The van der Waals surface area contributed by atoms with Crippen LogP contribution in [0.15, 0.2) is 91.0 Å². The van der Waals surface area contributed by atoms with Crippen LogP contribution in [-0.2, 0) is 9.16 Å². The van der Waals surface area contributed by atoms with Crippen molar-refractivity contribution in [3.8, 4) is 0 Å². The molecular formula is C30H37NO3SeSi. The molecule has 3 aromatic carbocycles. The Morgan fingerprint density at radius 1 is 0.917 bits per heavy atom. The van der Waals surface area contributed by atoms with Gasteiger partial charge in [-0.2, -0.15) is 0 Å². The number of carbonyl (C=O) groups is 1. The molecule has 0 radical (unpaired) electrons. The van der Waals surface area contributed by atoms with Crippen LogP contribution in [0.2, 0.25) is 10.4 Å². The van der Waals surface area contributed by atoms with E-state index in [2.05, 4.69) is 112 Å². The predicted molar refractivity (Wildman–Crippen MR) is 151 cm³/mol. The summed E-state index contributed by atoms with van der Waals surface area (Å²) in [5, 5.41) is 3.33. The van der Waals surface area contributed by atoms with Gasteiger partial charge in [0.05, 0.1) is 0 Å². The van der Waals surface area contributed by atoms with Gasteiger partial charge in [0.15, 0.2) is 0 Å². The van der Waals surface area contributed by atoms with Crippen LogP contribution in [0.5, 0.6) is 0 Å². The molecule has 4 nitrogen and oxygen atoms in total. The number of hydrogen-bond donors (Lipinski definition) is 0. The summed E-state index contributed by atoms with van der Waals surface area (Å²) in [7, 11) is -2.72. The molecule has 36 heavy (non-hydrogen) atoms. The van der Waals surface area contributed by atoms with E-state index in [4.69, 9.17) is 9.16 Å². The van der Waals surface area contributed by atoms with Crippen LogP contribution in [-0.4, -0.2) is 59.6 Å². The van der Waals surface area contributed by atoms with Crippen LogP contribution < -0.4 is 14.8 Å². The first-order valence-corrected chi connectivity index (χ1v) is 16.7. The van der Waals surface area contributed by atoms with Crippen molar-refractivity contribution >= 4 is 44.2 Å². The molecule has 0 aromatic heterocycles. The van der Waals surface area contributed by atoms with Gasteiger partial charge in [0.25, 0.3) is 0 Å². The third-order valence-corrected chi connectivity index (χ3v) is 14.3. The van der Waals surface area contributed by atoms with Gasteiger partial charge < -0.3 is 0 Å². The summed E-state index contributed by atoms with van der Waals surface area (Å²) in [6.45, 7) is 9.83. The summed E-state index contributed by atoms with van der Waals surface area (Å²) in [4.78, 5) is 14.9. The number of hydrogen-bond acceptors (Lipinski definition) is 3. The number of nitrogens with zero attached hydrogens (tertiary/aromatic N) is 1. The normalized spacial score (nSPS) is 18.3. The first-order chi connectivity index (χ1) is 17.4. The second-order valence-electron chi connectivity index (χ2n) is 10.2. The van der Waals surface area contributed by atoms with E-state index in [-0.39, 0.29) is 38.2 Å². The predicted octanol–water partition coefficient (Wildman–Crippen LogP) is 4.61. The zero-order valence-electron chi connectivity index (χ0n) is 21.7. The molecule has 1 saturated heterocycles. The Morgan fingerprint density at radius 3 is 1.94 bits per heavy atom. The van der Waals surface area contributed by atoms with Crippen molar-refractivity contribution in [3.05, 3.63) is 91.0 Å². The number of ether oxygens (including phenoxy) is 1. The second kappa shape index (κ2) is 11.8. The summed E-state index contributed by atoms with van der Waals surface area (Å²) >= 11 is 0.230. The van der Waals surface area contributed by atoms with Crippen molar-refractivity contribution in [2.24, 2.45) is 0 Å². The number of rotatable bonds is 8. The van der Waals surface area contributed by atoms with Gasteiger partial charge in [-0.15, -0.1) is 0 Å². The summed E-state index contributed by atoms with van der Waals surface area (Å²) in [6.07, 6.45) is 0.546. The fraction of sp³-hybridized carbons (Fsp3) is 0.367. The van der Waals surface area contributed by atoms with E-state index < -0.39 is 8.32 Å². The van der Waals surface area contributed by atoms with Gasteiger partial charge >= 0.3 is 224 Å². The summed E-state index contributed by atoms with van der Waals surface area (Å²) in [5.74, 6) is 0. The Kier molecular flexibility index (Phi) is 8.73. The van der Waals surface area contributed by atoms with Crippen molar-refractivity contribution in [2.45, 2.75) is 56.6 Å². The molecule has 190 valence electrons. The van der Waals surface area contributed by atoms with E-state index in [1.165, 1.54) is 14.8 Å². The molecule has 1 aliphatic rings. The molecule has 0 bridgehead atoms. The Hall–Kier alpha value is -2.37. The zero-order chi connectivity index (χ0) is 25.6. The number of carbonyl (C=O) groups excluding carboxylic acids is 1. The molecule has 0 unspecified atom stereocenters. The van der Waals surface area contributed by atoms with Crippen LogP contribution in [0.3, 0.4) is 0 Å². The van der Waals surface area contributed by atoms with E-state index in [1.807, 2.05) is 11.8 Å². The molecule has 4 rings (SSSR count). The van der Waals surface area contributed by atoms with Gasteiger partial charge in [-0.1, -0.05) is 0 Å². The Labute approximate surface area is 223 Å². The molecule has 6 heteroatoms. The third-order valence-electron chi connectivity index (χ3n) is 6.90. The molecule has 1 aliphatic heterocycles. The molecule has 0 saturated carbocycles. The van der Waals surface area contributed by atoms with E-state index in [0.29, 0.717) is 13.2 Å². The molecule has 0 N–H and O–H groups in total. The fourth-order valence-electron chi connectivity index (χ4n) is 5.21. The van der Waals surface area contributed by atoms with Gasteiger partial charge in [0.2, 0.25) is 0 Å². The van der Waals surface area contributed by atoms with Crippen LogP contribution in [0.25, 0.3) is 0 Å². The maximum absolute atomic E-state index is 13.0. The summed E-state index contributed by atoms with van der Waals surface area (Å²) in [6, 6.07) is 32.1. The van der Waals surface area contributed by atoms with Crippen molar-refractivity contribution in [1.82, 2.24) is 4.90 Å². The van der Waals surface area contributed by atoms with Crippen LogP contribution in [0, 0.1) is 0 Å². The quantitative estimate of drug-likeness (QED) is 0.374. The molecule has 1 heterocycles. The first-order valence-electron chi connectivity index (χ1n) is 12.8. The molecule has 1 amide bonds. The van der Waals surface area contributed by atoms with Crippen molar-refractivity contribution < 1.29 is 14.0 Å². The van der Waals surface area contributed by atoms with Crippen molar-refractivity contribution in [1.29, 1.82) is 0 Å². The van der Waals surface area contributed by atoms with Crippen LogP contribution >= 0.6 is 0 Å². The Balaban J connectivity index is 1.74. The minimum absolute atomic E-state index is 0.00842. The van der Waals surface area contributed by atoms with E-state index >= 15 is 0 Å². The monoisotopic (exact) mass is 567 g/mol. The van der Waals surface area contributed by atoms with Crippen molar-refractivity contribution in [3.63, 3.8) is 0 Å². The average Bonchev–Trinajstić information content (AvgIpc) is 3.29. The Bertz CT molecular complexity index is 1070. The molecule has 0 spiro atoms. The van der Waals surface area contributed by atoms with Crippen molar-refractivity contribution in [2.75, 3.05) is 13.2 Å². The van der Waals surface area contributed by atoms with Gasteiger partial charge in [-0.25, -0.2) is 0 Å². The zero-order valence-corrected chi connectivity index (χ0v) is 24.4. The average molecular weight is 567 g/mol. The molecular weight excluding hydrogens is 529 g/mol. The third kappa shape index (κ3) is 5.62. The van der Waals surface area contributed by atoms with Gasteiger partial charge in [-0.05, 0) is 0 Å². The van der Waals surface area contributed by atoms with Gasteiger partial charge in [0, 0.05) is 0 Å². The van der Waals surface area contributed by atoms with Gasteiger partial charge in [-0.3, -0.25) is 0 Å². The summed E-state index contributed by atoms with van der Waals surface area (Å²) < 4.78 is 14.3. The fourth-order valence-corrected chi connectivity index (χ4v) is 12.3. The molecule has 3 aromatic rings. The Morgan fingerprint density at radius 2 is 1.44 bits per heavy atom. The first kappa shape index (κ1) is 26.7. The SMILES string of the molecule is CCOC(=O)N1CC[C@@H](O[Si](c2ccccc2)(c2ccccc2)C(C)(C)C)[C@H]1C[Se]c1ccccc1. The van der Waals surface area contributed by atoms with Gasteiger partial charge in [0.1, 0.15) is 0 Å². The topological polar surface area (TPSA) is 38.8 Å². The molecule has 2 atom stereocenters. The standard InChI is InChI=1S/C30H37NO3SeSi/c1-5-33-29(32)31-22-21-28(27(31)23-35-24-15-9-6-10-16-24)34-36(30(2,3)4,25-17-11-7-12-18-25)26-19-13-8-14-20-26/h6-20,27-28H,5,21-23H2,1-4H3/t27-,28-/m1/s1. The summed E-state index contributed by atoms with van der Waals surface area (Å²) in [5.41, 5.74) is 0. The number of likely N-dealkylation sites (tertiary alicyclic amines) is 1. The van der Waals surface area contributed by atoms with E-state index in [9.17, 15) is 4.79 Å². The van der Waals surface area contributed by atoms with E-state index in [0.717, 1.165) is 11.7 Å². The number of amides is 1. The van der Waals surface area contributed by atoms with E-state index in [1.54, 1.807) is 0 Å². The second-order valence-corrected chi connectivity index (χ2v) is 16.7. The molecule has 0 aliphatic carbocycles. The molecule has 1 fully saturated rings. The minimum atomic E-state index is -2.72. The van der Waals surface area contributed by atoms with Crippen LogP contribution in [0.1, 0.15) is 34.1 Å².